The molecule has 1 unspecified atom stereocenters. The van der Waals surface area contributed by atoms with Crippen molar-refractivity contribution < 1.29 is 0 Å². The van der Waals surface area contributed by atoms with E-state index in [0.29, 0.717) is 0 Å². The molecule has 0 radical (unpaired) electrons. The molecule has 2 N–H and O–H groups in total. The van der Waals surface area contributed by atoms with Crippen molar-refractivity contribution >= 4 is 0 Å². The van der Waals surface area contributed by atoms with Crippen LogP contribution in [0.3, 0.4) is 0 Å². The number of unbranched alkanes of at least 4 members (excludes halogenated alkanes) is 3. The summed E-state index contributed by atoms with van der Waals surface area (Å²) in [5, 5.41) is 0. The van der Waals surface area contributed by atoms with Gasteiger partial charge in [-0.3, -0.25) is 4.90 Å². The van der Waals surface area contributed by atoms with Crippen molar-refractivity contribution in [3.63, 3.8) is 0 Å². The third-order valence-electron chi connectivity index (χ3n) is 4.00. The minimum atomic E-state index is 0.814. The molecule has 102 valence electrons. The summed E-state index contributed by atoms with van der Waals surface area (Å²) in [6.45, 7) is 11.7. The average molecular weight is 241 g/mol. The number of nitrogens with zero attached hydrogens (tertiary/aromatic N) is 2. The Labute approximate surface area is 107 Å². The average Bonchev–Trinajstić information content (AvgIpc) is 2.79. The number of likely N-dealkylation sites (N-methyl/N-ethyl adjacent to an activating group) is 1. The van der Waals surface area contributed by atoms with E-state index in [1.165, 1.54) is 64.8 Å². The predicted molar refractivity (Wildman–Crippen MR) is 75.3 cm³/mol. The van der Waals surface area contributed by atoms with E-state index in [1.807, 2.05) is 0 Å². The molecule has 0 amide bonds. The lowest BCUT2D eigenvalue weighted by Crippen LogP contribution is -2.37. The van der Waals surface area contributed by atoms with Crippen molar-refractivity contribution in [3.8, 4) is 0 Å². The summed E-state index contributed by atoms with van der Waals surface area (Å²) in [6.07, 6.45) is 6.57. The number of likely N-dealkylation sites (tertiary alicyclic amines) is 1. The molecule has 0 spiro atoms. The van der Waals surface area contributed by atoms with Gasteiger partial charge < -0.3 is 10.6 Å². The first-order chi connectivity index (χ1) is 8.31. The van der Waals surface area contributed by atoms with E-state index < -0.39 is 0 Å². The Balaban J connectivity index is 2.09. The van der Waals surface area contributed by atoms with Crippen molar-refractivity contribution in [3.05, 3.63) is 0 Å². The van der Waals surface area contributed by atoms with Crippen LogP contribution in [0.5, 0.6) is 0 Å². The van der Waals surface area contributed by atoms with Crippen molar-refractivity contribution in [2.45, 2.75) is 52.0 Å². The first-order valence-corrected chi connectivity index (χ1v) is 7.48. The van der Waals surface area contributed by atoms with E-state index in [0.717, 1.165) is 12.6 Å². The van der Waals surface area contributed by atoms with E-state index in [-0.39, 0.29) is 0 Å². The van der Waals surface area contributed by atoms with Crippen LogP contribution >= 0.6 is 0 Å². The van der Waals surface area contributed by atoms with Gasteiger partial charge in [-0.25, -0.2) is 0 Å². The van der Waals surface area contributed by atoms with Gasteiger partial charge in [0.1, 0.15) is 0 Å². The Morgan fingerprint density at radius 2 is 1.82 bits per heavy atom. The van der Waals surface area contributed by atoms with Crippen LogP contribution in [0.2, 0.25) is 0 Å². The minimum absolute atomic E-state index is 0.814. The standard InChI is InChI=1S/C14H31N3/c1-3-17(4-2)14-9-12-16(13-14)11-8-6-5-7-10-15/h14H,3-13,15H2,1-2H3. The van der Waals surface area contributed by atoms with Crippen LogP contribution in [-0.4, -0.2) is 55.1 Å². The highest BCUT2D eigenvalue weighted by Gasteiger charge is 2.25. The van der Waals surface area contributed by atoms with Crippen LogP contribution in [0.4, 0.5) is 0 Å². The molecule has 0 saturated carbocycles. The van der Waals surface area contributed by atoms with Crippen molar-refractivity contribution in [1.82, 2.24) is 9.80 Å². The maximum Gasteiger partial charge on any atom is 0.0235 e. The van der Waals surface area contributed by atoms with Gasteiger partial charge in [0.2, 0.25) is 0 Å². The molecule has 0 bridgehead atoms. The highest BCUT2D eigenvalue weighted by atomic mass is 15.2. The molecule has 1 saturated heterocycles. The second-order valence-electron chi connectivity index (χ2n) is 5.17. The summed E-state index contributed by atoms with van der Waals surface area (Å²) in [4.78, 5) is 5.25. The summed E-state index contributed by atoms with van der Waals surface area (Å²) < 4.78 is 0. The zero-order chi connectivity index (χ0) is 12.5. The highest BCUT2D eigenvalue weighted by molar-refractivity contribution is 4.82. The van der Waals surface area contributed by atoms with E-state index in [1.54, 1.807) is 0 Å². The Kier molecular flexibility index (Phi) is 7.82. The predicted octanol–water partition coefficient (Wildman–Crippen LogP) is 1.92. The molecule has 0 aromatic rings. The number of rotatable bonds is 9. The minimum Gasteiger partial charge on any atom is -0.330 e. The second-order valence-corrected chi connectivity index (χ2v) is 5.17. The fourth-order valence-electron chi connectivity index (χ4n) is 2.89. The molecule has 1 atom stereocenters. The molecular formula is C14H31N3. The molecular weight excluding hydrogens is 210 g/mol. The summed E-state index contributed by atoms with van der Waals surface area (Å²) >= 11 is 0. The van der Waals surface area contributed by atoms with Crippen molar-refractivity contribution in [2.75, 3.05) is 39.3 Å². The topological polar surface area (TPSA) is 32.5 Å². The summed E-state index contributed by atoms with van der Waals surface area (Å²) in [5.41, 5.74) is 5.50. The SMILES string of the molecule is CCN(CC)C1CCN(CCCCCCN)C1. The van der Waals surface area contributed by atoms with Gasteiger partial charge in [-0.1, -0.05) is 26.7 Å². The van der Waals surface area contributed by atoms with Crippen LogP contribution < -0.4 is 5.73 Å². The van der Waals surface area contributed by atoms with E-state index >= 15 is 0 Å². The quantitative estimate of drug-likeness (QED) is 0.626. The molecule has 3 nitrogen and oxygen atoms in total. The van der Waals surface area contributed by atoms with Gasteiger partial charge >= 0.3 is 0 Å². The second kappa shape index (κ2) is 8.90. The molecule has 0 aromatic carbocycles. The molecule has 0 aliphatic carbocycles. The Morgan fingerprint density at radius 3 is 2.47 bits per heavy atom. The van der Waals surface area contributed by atoms with E-state index in [4.69, 9.17) is 5.73 Å². The molecule has 17 heavy (non-hydrogen) atoms. The number of nitrogens with two attached hydrogens (primary N) is 1. The molecule has 1 aliphatic heterocycles. The van der Waals surface area contributed by atoms with Gasteiger partial charge in [0, 0.05) is 12.6 Å². The maximum atomic E-state index is 5.50. The molecule has 1 aliphatic rings. The van der Waals surface area contributed by atoms with Crippen molar-refractivity contribution in [1.29, 1.82) is 0 Å². The van der Waals surface area contributed by atoms with Crippen molar-refractivity contribution in [2.24, 2.45) is 5.73 Å². The maximum absolute atomic E-state index is 5.50. The molecule has 3 heteroatoms. The van der Waals surface area contributed by atoms with E-state index in [9.17, 15) is 0 Å². The molecule has 1 rings (SSSR count). The van der Waals surface area contributed by atoms with Crippen LogP contribution in [0, 0.1) is 0 Å². The van der Waals surface area contributed by atoms with Gasteiger partial charge in [0.05, 0.1) is 0 Å². The summed E-state index contributed by atoms with van der Waals surface area (Å²) in [5.74, 6) is 0. The Bertz CT molecular complexity index is 180. The first-order valence-electron chi connectivity index (χ1n) is 7.48. The third kappa shape index (κ3) is 5.36. The first kappa shape index (κ1) is 14.9. The van der Waals surface area contributed by atoms with Crippen LogP contribution in [-0.2, 0) is 0 Å². The normalized spacial score (nSPS) is 21.5. The molecule has 1 fully saturated rings. The fraction of sp³-hybridized carbons (Fsp3) is 1.00. The monoisotopic (exact) mass is 241 g/mol. The number of hydrogen-bond donors (Lipinski definition) is 1. The smallest absolute Gasteiger partial charge is 0.0235 e. The molecule has 1 heterocycles. The summed E-state index contributed by atoms with van der Waals surface area (Å²) in [7, 11) is 0. The van der Waals surface area contributed by atoms with E-state index in [2.05, 4.69) is 23.6 Å². The lowest BCUT2D eigenvalue weighted by Gasteiger charge is -2.26. The zero-order valence-electron chi connectivity index (χ0n) is 11.8. The van der Waals surface area contributed by atoms with Crippen LogP contribution in [0.15, 0.2) is 0 Å². The van der Waals surface area contributed by atoms with Gasteiger partial charge in [-0.2, -0.15) is 0 Å². The largest absolute Gasteiger partial charge is 0.330 e. The van der Waals surface area contributed by atoms with Gasteiger partial charge in [-0.05, 0) is 52.0 Å². The lowest BCUT2D eigenvalue weighted by atomic mass is 10.2. The number of hydrogen-bond acceptors (Lipinski definition) is 3. The van der Waals surface area contributed by atoms with Crippen LogP contribution in [0.1, 0.15) is 46.0 Å². The zero-order valence-corrected chi connectivity index (χ0v) is 11.8. The molecule has 0 aromatic heterocycles. The highest BCUT2D eigenvalue weighted by Crippen LogP contribution is 2.16. The van der Waals surface area contributed by atoms with Gasteiger partial charge in [0.25, 0.3) is 0 Å². The fourth-order valence-corrected chi connectivity index (χ4v) is 2.89. The Hall–Kier alpha value is -0.120. The van der Waals surface area contributed by atoms with Gasteiger partial charge in [0.15, 0.2) is 0 Å². The summed E-state index contributed by atoms with van der Waals surface area (Å²) in [6, 6.07) is 0.814. The lowest BCUT2D eigenvalue weighted by molar-refractivity contribution is 0.210. The third-order valence-corrected chi connectivity index (χ3v) is 4.00. The van der Waals surface area contributed by atoms with Gasteiger partial charge in [-0.15, -0.1) is 0 Å². The van der Waals surface area contributed by atoms with Crippen LogP contribution in [0.25, 0.3) is 0 Å². The Morgan fingerprint density at radius 1 is 1.12 bits per heavy atom.